The molecule has 5 nitrogen and oxygen atoms in total. The number of phenols is 1. The molecule has 0 radical (unpaired) electrons. The number of hydrogen-bond acceptors (Lipinski definition) is 4. The summed E-state index contributed by atoms with van der Waals surface area (Å²) >= 11 is 0. The van der Waals surface area contributed by atoms with Crippen molar-refractivity contribution >= 4 is 11.9 Å². The molecule has 4 rings (SSSR count). The van der Waals surface area contributed by atoms with Crippen LogP contribution in [0.1, 0.15) is 30.9 Å². The zero-order valence-electron chi connectivity index (χ0n) is 13.4. The summed E-state index contributed by atoms with van der Waals surface area (Å²) < 4.78 is 5.02. The molecule has 5 heteroatoms. The maximum Gasteiger partial charge on any atom is 0.309 e. The van der Waals surface area contributed by atoms with Crippen LogP contribution in [0.25, 0.3) is 0 Å². The van der Waals surface area contributed by atoms with Crippen molar-refractivity contribution in [2.24, 2.45) is 17.8 Å². The lowest BCUT2D eigenvalue weighted by Gasteiger charge is -2.44. The number of methoxy groups -OCH3 is 1. The van der Waals surface area contributed by atoms with Crippen LogP contribution in [0.4, 0.5) is 0 Å². The molecule has 4 atom stereocenters. The summed E-state index contributed by atoms with van der Waals surface area (Å²) in [7, 11) is 1.42. The van der Waals surface area contributed by atoms with Gasteiger partial charge in [0.15, 0.2) is 0 Å². The molecule has 2 aliphatic heterocycles. The van der Waals surface area contributed by atoms with Gasteiger partial charge in [-0.05, 0) is 42.0 Å². The molecular weight excluding hydrogens is 294 g/mol. The molecule has 1 saturated heterocycles. The lowest BCUT2D eigenvalue weighted by Crippen LogP contribution is -2.49. The average Bonchev–Trinajstić information content (AvgIpc) is 2.94. The quantitative estimate of drug-likeness (QED) is 0.803. The molecule has 122 valence electrons. The number of esters is 1. The monoisotopic (exact) mass is 315 g/mol. The van der Waals surface area contributed by atoms with Crippen molar-refractivity contribution < 1.29 is 19.4 Å². The van der Waals surface area contributed by atoms with E-state index < -0.39 is 5.54 Å². The number of ether oxygens (including phenoxy) is 1. The summed E-state index contributed by atoms with van der Waals surface area (Å²) in [6.45, 7) is 2.73. The SMILES string of the molecule is COC(=O)[C@@H]1[C@@H](C)C[C@@]23c4ccc(O)cc4CCN2C(=O)C[C@@H]13. The first-order chi connectivity index (χ1) is 11.0. The fraction of sp³-hybridized carbons (Fsp3) is 0.556. The van der Waals surface area contributed by atoms with E-state index in [1.165, 1.54) is 7.11 Å². The van der Waals surface area contributed by atoms with E-state index >= 15 is 0 Å². The van der Waals surface area contributed by atoms with Gasteiger partial charge in [0.25, 0.3) is 0 Å². The number of phenolic OH excluding ortho intramolecular Hbond substituents is 1. The average molecular weight is 315 g/mol. The van der Waals surface area contributed by atoms with E-state index in [0.29, 0.717) is 13.0 Å². The van der Waals surface area contributed by atoms with Crippen LogP contribution in [0.15, 0.2) is 18.2 Å². The second-order valence-electron chi connectivity index (χ2n) is 7.10. The minimum atomic E-state index is -0.406. The summed E-state index contributed by atoms with van der Waals surface area (Å²) in [5.41, 5.74) is 1.80. The van der Waals surface area contributed by atoms with Crippen molar-refractivity contribution in [1.82, 2.24) is 4.90 Å². The van der Waals surface area contributed by atoms with E-state index in [9.17, 15) is 14.7 Å². The lowest BCUT2D eigenvalue weighted by atomic mass is 9.74. The predicted molar refractivity (Wildman–Crippen MR) is 82.6 cm³/mol. The van der Waals surface area contributed by atoms with Crippen LogP contribution in [-0.2, 0) is 26.3 Å². The smallest absolute Gasteiger partial charge is 0.309 e. The van der Waals surface area contributed by atoms with Crippen molar-refractivity contribution in [3.63, 3.8) is 0 Å². The molecule has 23 heavy (non-hydrogen) atoms. The van der Waals surface area contributed by atoms with Gasteiger partial charge in [-0.3, -0.25) is 9.59 Å². The van der Waals surface area contributed by atoms with Crippen LogP contribution < -0.4 is 0 Å². The number of amides is 1. The van der Waals surface area contributed by atoms with Gasteiger partial charge in [0.1, 0.15) is 5.75 Å². The second kappa shape index (κ2) is 4.73. The molecular formula is C18H21NO4. The molecule has 0 unspecified atom stereocenters. The standard InChI is InChI=1S/C18H21NO4/c1-10-9-18-13-4-3-12(20)7-11(13)5-6-19(18)15(21)8-14(18)16(10)17(22)23-2/h3-4,7,10,14,16,20H,5-6,8-9H2,1-2H3/t10-,14-,16+,18-/m0/s1. The first-order valence-electron chi connectivity index (χ1n) is 8.19. The van der Waals surface area contributed by atoms with Gasteiger partial charge in [0, 0.05) is 18.9 Å². The van der Waals surface area contributed by atoms with Crippen LogP contribution in [0.2, 0.25) is 0 Å². The minimum absolute atomic E-state index is 0.0407. The second-order valence-corrected chi connectivity index (χ2v) is 7.10. The highest BCUT2D eigenvalue weighted by atomic mass is 16.5. The van der Waals surface area contributed by atoms with Gasteiger partial charge in [-0.15, -0.1) is 0 Å². The third-order valence-corrected chi connectivity index (χ3v) is 6.10. The maximum absolute atomic E-state index is 12.6. The Morgan fingerprint density at radius 2 is 2.22 bits per heavy atom. The zero-order valence-corrected chi connectivity index (χ0v) is 13.4. The maximum atomic E-state index is 12.6. The van der Waals surface area contributed by atoms with Crippen LogP contribution >= 0.6 is 0 Å². The summed E-state index contributed by atoms with van der Waals surface area (Å²) in [4.78, 5) is 26.9. The van der Waals surface area contributed by atoms with Crippen LogP contribution in [0.5, 0.6) is 5.75 Å². The van der Waals surface area contributed by atoms with Crippen molar-refractivity contribution in [2.45, 2.75) is 31.7 Å². The summed E-state index contributed by atoms with van der Waals surface area (Å²) in [5, 5.41) is 9.79. The van der Waals surface area contributed by atoms with Gasteiger partial charge in [0.05, 0.1) is 18.6 Å². The first-order valence-corrected chi connectivity index (χ1v) is 8.19. The number of carbonyl (C=O) groups excluding carboxylic acids is 2. The normalized spacial score (nSPS) is 34.8. The Hall–Kier alpha value is -2.04. The molecule has 1 aromatic rings. The number of nitrogens with zero attached hydrogens (tertiary/aromatic N) is 1. The summed E-state index contributed by atoms with van der Waals surface area (Å²) in [6.07, 6.45) is 1.94. The van der Waals surface area contributed by atoms with Crippen LogP contribution in [0, 0.1) is 17.8 Å². The molecule has 1 N–H and O–H groups in total. The zero-order chi connectivity index (χ0) is 16.4. The Balaban J connectivity index is 1.89. The number of rotatable bonds is 1. The first kappa shape index (κ1) is 14.5. The Bertz CT molecular complexity index is 700. The van der Waals surface area contributed by atoms with E-state index in [1.54, 1.807) is 12.1 Å². The van der Waals surface area contributed by atoms with Gasteiger partial charge in [0.2, 0.25) is 5.91 Å². The van der Waals surface area contributed by atoms with Gasteiger partial charge in [-0.2, -0.15) is 0 Å². The number of carbonyl (C=O) groups is 2. The number of hydrogen-bond donors (Lipinski definition) is 1. The van der Waals surface area contributed by atoms with Crippen molar-refractivity contribution in [2.75, 3.05) is 13.7 Å². The molecule has 2 fully saturated rings. The molecule has 1 aromatic carbocycles. The Morgan fingerprint density at radius 3 is 2.96 bits per heavy atom. The van der Waals surface area contributed by atoms with E-state index in [2.05, 4.69) is 6.92 Å². The largest absolute Gasteiger partial charge is 0.508 e. The van der Waals surface area contributed by atoms with E-state index in [0.717, 1.165) is 24.0 Å². The Kier molecular flexibility index (Phi) is 2.99. The summed E-state index contributed by atoms with van der Waals surface area (Å²) in [5.74, 6) is 0.0667. The number of fused-ring (bicyclic) bond motifs is 1. The van der Waals surface area contributed by atoms with Gasteiger partial charge >= 0.3 is 5.97 Å². The highest BCUT2D eigenvalue weighted by Crippen LogP contribution is 2.61. The third-order valence-electron chi connectivity index (χ3n) is 6.10. The molecule has 2 heterocycles. The third kappa shape index (κ3) is 1.73. The Labute approximate surface area is 135 Å². The van der Waals surface area contributed by atoms with Crippen molar-refractivity contribution in [1.29, 1.82) is 0 Å². The number of benzene rings is 1. The molecule has 1 amide bonds. The van der Waals surface area contributed by atoms with E-state index in [4.69, 9.17) is 4.74 Å². The molecule has 1 saturated carbocycles. The number of aromatic hydroxyl groups is 1. The lowest BCUT2D eigenvalue weighted by molar-refractivity contribution is -0.148. The van der Waals surface area contributed by atoms with Gasteiger partial charge < -0.3 is 14.7 Å². The summed E-state index contributed by atoms with van der Waals surface area (Å²) in [6, 6.07) is 5.43. The van der Waals surface area contributed by atoms with Crippen molar-refractivity contribution in [3.8, 4) is 5.75 Å². The van der Waals surface area contributed by atoms with E-state index in [-0.39, 0.29) is 35.4 Å². The molecule has 0 bridgehead atoms. The fourth-order valence-corrected chi connectivity index (χ4v) is 5.34. The topological polar surface area (TPSA) is 66.8 Å². The van der Waals surface area contributed by atoms with Gasteiger partial charge in [-0.25, -0.2) is 0 Å². The molecule has 3 aliphatic rings. The molecule has 0 aromatic heterocycles. The molecule has 1 spiro atoms. The minimum Gasteiger partial charge on any atom is -0.508 e. The highest BCUT2D eigenvalue weighted by molar-refractivity contribution is 5.85. The highest BCUT2D eigenvalue weighted by Gasteiger charge is 2.65. The van der Waals surface area contributed by atoms with E-state index in [1.807, 2.05) is 11.0 Å². The predicted octanol–water partition coefficient (Wildman–Crippen LogP) is 1.82. The van der Waals surface area contributed by atoms with Crippen LogP contribution in [0.3, 0.4) is 0 Å². The van der Waals surface area contributed by atoms with Crippen molar-refractivity contribution in [3.05, 3.63) is 29.3 Å². The van der Waals surface area contributed by atoms with Gasteiger partial charge in [-0.1, -0.05) is 13.0 Å². The van der Waals surface area contributed by atoms with Crippen LogP contribution in [-0.4, -0.2) is 35.5 Å². The molecule has 1 aliphatic carbocycles. The Morgan fingerprint density at radius 1 is 1.43 bits per heavy atom. The fourth-order valence-electron chi connectivity index (χ4n) is 5.34.